The first-order chi connectivity index (χ1) is 7.95. The highest BCUT2D eigenvalue weighted by Gasteiger charge is 2.15. The van der Waals surface area contributed by atoms with Gasteiger partial charge in [-0.15, -0.1) is 0 Å². The molecule has 2 nitrogen and oxygen atoms in total. The Morgan fingerprint density at radius 3 is 2.65 bits per heavy atom. The molecule has 0 spiro atoms. The monoisotopic (exact) mass is 305 g/mol. The van der Waals surface area contributed by atoms with E-state index in [0.717, 1.165) is 18.6 Å². The van der Waals surface area contributed by atoms with Gasteiger partial charge in [-0.2, -0.15) is 0 Å². The molecule has 0 fully saturated rings. The van der Waals surface area contributed by atoms with Crippen molar-refractivity contribution in [3.05, 3.63) is 28.2 Å². The van der Waals surface area contributed by atoms with Gasteiger partial charge in [-0.25, -0.2) is 8.78 Å². The molecule has 1 aromatic carbocycles. The highest BCUT2D eigenvalue weighted by atomic mass is 79.9. The van der Waals surface area contributed by atoms with Crippen molar-refractivity contribution >= 4 is 27.5 Å². The summed E-state index contributed by atoms with van der Waals surface area (Å²) in [5.41, 5.74) is -0.126. The second-order valence-corrected chi connectivity index (χ2v) is 4.78. The average Bonchev–Trinajstić information content (AvgIpc) is 2.26. The van der Waals surface area contributed by atoms with Crippen LogP contribution in [0.1, 0.15) is 26.7 Å². The van der Waals surface area contributed by atoms with E-state index in [4.69, 9.17) is 0 Å². The Labute approximate surface area is 108 Å². The third-order valence-electron chi connectivity index (χ3n) is 2.44. The topological polar surface area (TPSA) is 29.1 Å². The van der Waals surface area contributed by atoms with E-state index in [0.29, 0.717) is 6.42 Å². The number of carbonyl (C=O) groups is 1. The minimum atomic E-state index is -0.657. The van der Waals surface area contributed by atoms with E-state index in [9.17, 15) is 13.6 Å². The maximum atomic E-state index is 13.4. The van der Waals surface area contributed by atoms with Crippen LogP contribution in [0.4, 0.5) is 14.5 Å². The van der Waals surface area contributed by atoms with Crippen LogP contribution in [0.3, 0.4) is 0 Å². The fourth-order valence-corrected chi connectivity index (χ4v) is 1.75. The summed E-state index contributed by atoms with van der Waals surface area (Å²) in [7, 11) is 0. The molecular weight excluding hydrogens is 292 g/mol. The van der Waals surface area contributed by atoms with Crippen molar-refractivity contribution in [3.8, 4) is 0 Å². The molecule has 0 saturated heterocycles. The predicted octanol–water partition coefficient (Wildman–Crippen LogP) is 4.10. The zero-order valence-electron chi connectivity index (χ0n) is 9.69. The molecule has 0 aliphatic heterocycles. The Morgan fingerprint density at radius 1 is 1.41 bits per heavy atom. The Morgan fingerprint density at radius 2 is 2.06 bits per heavy atom. The number of benzene rings is 1. The standard InChI is InChI=1S/C12H14BrF2NO/c1-3-4-7(2)12(17)16-11-6-9(14)8(13)5-10(11)15/h5-7H,3-4H2,1-2H3,(H,16,17). The number of anilines is 1. The number of amides is 1. The van der Waals surface area contributed by atoms with Crippen LogP contribution >= 0.6 is 15.9 Å². The van der Waals surface area contributed by atoms with E-state index >= 15 is 0 Å². The van der Waals surface area contributed by atoms with Gasteiger partial charge in [-0.05, 0) is 28.4 Å². The maximum absolute atomic E-state index is 13.4. The lowest BCUT2D eigenvalue weighted by molar-refractivity contribution is -0.119. The Bertz CT molecular complexity index is 423. The molecule has 0 bridgehead atoms. The van der Waals surface area contributed by atoms with Gasteiger partial charge in [0, 0.05) is 12.0 Å². The van der Waals surface area contributed by atoms with Gasteiger partial charge in [0.2, 0.25) is 5.91 Å². The fraction of sp³-hybridized carbons (Fsp3) is 0.417. The third-order valence-corrected chi connectivity index (χ3v) is 3.04. The second-order valence-electron chi connectivity index (χ2n) is 3.93. The summed E-state index contributed by atoms with van der Waals surface area (Å²) in [4.78, 5) is 11.6. The highest BCUT2D eigenvalue weighted by molar-refractivity contribution is 9.10. The van der Waals surface area contributed by atoms with E-state index in [2.05, 4.69) is 21.2 Å². The molecule has 94 valence electrons. The summed E-state index contributed by atoms with van der Waals surface area (Å²) in [5, 5.41) is 2.39. The molecule has 5 heteroatoms. The summed E-state index contributed by atoms with van der Waals surface area (Å²) in [6, 6.07) is 1.96. The molecule has 0 saturated carbocycles. The van der Waals surface area contributed by atoms with Gasteiger partial charge in [0.05, 0.1) is 10.2 Å². The van der Waals surface area contributed by atoms with Gasteiger partial charge in [-0.3, -0.25) is 4.79 Å². The van der Waals surface area contributed by atoms with Crippen LogP contribution in [-0.2, 0) is 4.79 Å². The van der Waals surface area contributed by atoms with Crippen LogP contribution in [-0.4, -0.2) is 5.91 Å². The molecule has 0 aliphatic carbocycles. The van der Waals surface area contributed by atoms with Crippen molar-refractivity contribution in [2.45, 2.75) is 26.7 Å². The van der Waals surface area contributed by atoms with Crippen LogP contribution in [0.15, 0.2) is 16.6 Å². The molecule has 17 heavy (non-hydrogen) atoms. The first-order valence-corrected chi connectivity index (χ1v) is 6.20. The van der Waals surface area contributed by atoms with Crippen molar-refractivity contribution in [3.63, 3.8) is 0 Å². The van der Waals surface area contributed by atoms with Crippen molar-refractivity contribution in [1.82, 2.24) is 0 Å². The summed E-state index contributed by atoms with van der Waals surface area (Å²) in [5.74, 6) is -1.78. The molecule has 1 amide bonds. The summed E-state index contributed by atoms with van der Waals surface area (Å²) in [6.45, 7) is 3.72. The molecular formula is C12H14BrF2NO. The van der Waals surface area contributed by atoms with Crippen LogP contribution in [0.2, 0.25) is 0 Å². The van der Waals surface area contributed by atoms with Crippen molar-refractivity contribution in [1.29, 1.82) is 0 Å². The molecule has 1 N–H and O–H groups in total. The first kappa shape index (κ1) is 14.1. The van der Waals surface area contributed by atoms with Crippen LogP contribution < -0.4 is 5.32 Å². The van der Waals surface area contributed by atoms with Gasteiger partial charge in [0.25, 0.3) is 0 Å². The summed E-state index contributed by atoms with van der Waals surface area (Å²) in [6.07, 6.45) is 1.58. The van der Waals surface area contributed by atoms with Gasteiger partial charge < -0.3 is 5.32 Å². The van der Waals surface area contributed by atoms with E-state index in [-0.39, 0.29) is 22.0 Å². The lowest BCUT2D eigenvalue weighted by atomic mass is 10.1. The summed E-state index contributed by atoms with van der Waals surface area (Å²) >= 11 is 2.87. The molecule has 0 radical (unpaired) electrons. The average molecular weight is 306 g/mol. The largest absolute Gasteiger partial charge is 0.323 e. The van der Waals surface area contributed by atoms with E-state index < -0.39 is 11.6 Å². The Hall–Kier alpha value is -0.970. The first-order valence-electron chi connectivity index (χ1n) is 5.41. The van der Waals surface area contributed by atoms with Crippen molar-refractivity contribution in [2.24, 2.45) is 5.92 Å². The minimum absolute atomic E-state index is 0.0367. The molecule has 0 heterocycles. The quantitative estimate of drug-likeness (QED) is 0.834. The number of hydrogen-bond donors (Lipinski definition) is 1. The number of halogens is 3. The normalized spacial score (nSPS) is 12.3. The number of nitrogens with one attached hydrogen (secondary N) is 1. The third kappa shape index (κ3) is 3.77. The van der Waals surface area contributed by atoms with Gasteiger partial charge in [-0.1, -0.05) is 20.3 Å². The Kier molecular flexibility index (Phi) is 5.05. The smallest absolute Gasteiger partial charge is 0.227 e. The molecule has 0 aliphatic rings. The molecule has 1 unspecified atom stereocenters. The lowest BCUT2D eigenvalue weighted by Gasteiger charge is -2.12. The van der Waals surface area contributed by atoms with Gasteiger partial charge in [0.1, 0.15) is 11.6 Å². The van der Waals surface area contributed by atoms with E-state index in [1.807, 2.05) is 6.92 Å². The zero-order valence-corrected chi connectivity index (χ0v) is 11.3. The van der Waals surface area contributed by atoms with Crippen LogP contribution in [0, 0.1) is 17.6 Å². The van der Waals surface area contributed by atoms with E-state index in [1.54, 1.807) is 6.92 Å². The molecule has 0 aromatic heterocycles. The summed E-state index contributed by atoms with van der Waals surface area (Å²) < 4.78 is 26.7. The zero-order chi connectivity index (χ0) is 13.0. The second kappa shape index (κ2) is 6.10. The lowest BCUT2D eigenvalue weighted by Crippen LogP contribution is -2.21. The van der Waals surface area contributed by atoms with Crippen LogP contribution in [0.25, 0.3) is 0 Å². The van der Waals surface area contributed by atoms with Gasteiger partial charge in [0.15, 0.2) is 0 Å². The number of rotatable bonds is 4. The fourth-order valence-electron chi connectivity index (χ4n) is 1.44. The number of carbonyl (C=O) groups excluding carboxylic acids is 1. The SMILES string of the molecule is CCCC(C)C(=O)Nc1cc(F)c(Br)cc1F. The van der Waals surface area contributed by atoms with Crippen molar-refractivity contribution in [2.75, 3.05) is 5.32 Å². The van der Waals surface area contributed by atoms with E-state index in [1.165, 1.54) is 0 Å². The predicted molar refractivity (Wildman–Crippen MR) is 66.8 cm³/mol. The highest BCUT2D eigenvalue weighted by Crippen LogP contribution is 2.24. The number of hydrogen-bond acceptors (Lipinski definition) is 1. The minimum Gasteiger partial charge on any atom is -0.323 e. The van der Waals surface area contributed by atoms with Crippen molar-refractivity contribution < 1.29 is 13.6 Å². The Balaban J connectivity index is 2.81. The molecule has 1 atom stereocenters. The van der Waals surface area contributed by atoms with Crippen LogP contribution in [0.5, 0.6) is 0 Å². The van der Waals surface area contributed by atoms with Gasteiger partial charge >= 0.3 is 0 Å². The molecule has 1 rings (SSSR count). The maximum Gasteiger partial charge on any atom is 0.227 e. The molecule has 1 aromatic rings.